The third-order valence-electron chi connectivity index (χ3n) is 4.51. The van der Waals surface area contributed by atoms with E-state index < -0.39 is 0 Å². The largest absolute Gasteiger partial charge is 0.334 e. The number of piperidine rings is 1. The predicted octanol–water partition coefficient (Wildman–Crippen LogP) is 3.05. The number of aryl methyl sites for hydroxylation is 1. The summed E-state index contributed by atoms with van der Waals surface area (Å²) in [7, 11) is 0. The lowest BCUT2D eigenvalue weighted by molar-refractivity contribution is 0.140. The van der Waals surface area contributed by atoms with Gasteiger partial charge in [-0.3, -0.25) is 0 Å². The number of amides is 2. The molecule has 5 nitrogen and oxygen atoms in total. The molecule has 3 heterocycles. The van der Waals surface area contributed by atoms with E-state index in [1.165, 1.54) is 11.1 Å². The molecule has 0 radical (unpaired) electrons. The SMILES string of the molecule is Cc1cscc1CNC(=O)N1CC[C@H](C)[C@H](n2ccnc2)C1. The molecule has 0 unspecified atom stereocenters. The smallest absolute Gasteiger partial charge is 0.317 e. The summed E-state index contributed by atoms with van der Waals surface area (Å²) in [6.07, 6.45) is 6.65. The predicted molar refractivity (Wildman–Crippen MR) is 87.9 cm³/mol. The number of hydrogen-bond donors (Lipinski definition) is 1. The van der Waals surface area contributed by atoms with Crippen molar-refractivity contribution in [2.24, 2.45) is 5.92 Å². The Morgan fingerprint density at radius 3 is 3.05 bits per heavy atom. The number of rotatable bonds is 3. The van der Waals surface area contributed by atoms with Crippen LogP contribution in [0.25, 0.3) is 0 Å². The maximum Gasteiger partial charge on any atom is 0.317 e. The number of carbonyl (C=O) groups is 1. The highest BCUT2D eigenvalue weighted by atomic mass is 32.1. The second-order valence-corrected chi connectivity index (χ2v) is 6.77. The molecule has 2 aromatic rings. The van der Waals surface area contributed by atoms with E-state index in [0.29, 0.717) is 18.5 Å². The van der Waals surface area contributed by atoms with Crippen molar-refractivity contribution in [1.29, 1.82) is 0 Å². The van der Waals surface area contributed by atoms with Crippen LogP contribution in [0.15, 0.2) is 29.5 Å². The lowest BCUT2D eigenvalue weighted by Gasteiger charge is -2.37. The Morgan fingerprint density at radius 2 is 2.36 bits per heavy atom. The molecule has 1 saturated heterocycles. The second-order valence-electron chi connectivity index (χ2n) is 6.03. The number of likely N-dealkylation sites (tertiary alicyclic amines) is 1. The van der Waals surface area contributed by atoms with E-state index in [0.717, 1.165) is 19.5 Å². The van der Waals surface area contributed by atoms with Crippen LogP contribution in [0.5, 0.6) is 0 Å². The van der Waals surface area contributed by atoms with Crippen LogP contribution < -0.4 is 5.32 Å². The van der Waals surface area contributed by atoms with Crippen molar-refractivity contribution in [3.63, 3.8) is 0 Å². The Hall–Kier alpha value is -1.82. The summed E-state index contributed by atoms with van der Waals surface area (Å²) in [6, 6.07) is 0.340. The van der Waals surface area contributed by atoms with E-state index in [9.17, 15) is 4.79 Å². The number of urea groups is 1. The fourth-order valence-electron chi connectivity index (χ4n) is 2.94. The molecule has 0 bridgehead atoms. The highest BCUT2D eigenvalue weighted by Gasteiger charge is 2.29. The zero-order valence-corrected chi connectivity index (χ0v) is 13.8. The van der Waals surface area contributed by atoms with Gasteiger partial charge in [0, 0.05) is 32.0 Å². The molecule has 1 N–H and O–H groups in total. The van der Waals surface area contributed by atoms with Crippen molar-refractivity contribution < 1.29 is 4.79 Å². The van der Waals surface area contributed by atoms with Gasteiger partial charge in [0.15, 0.2) is 0 Å². The van der Waals surface area contributed by atoms with Crippen LogP contribution in [0, 0.1) is 12.8 Å². The molecule has 2 amide bonds. The van der Waals surface area contributed by atoms with E-state index in [2.05, 4.69) is 39.5 Å². The van der Waals surface area contributed by atoms with Crippen LogP contribution in [0.4, 0.5) is 4.79 Å². The van der Waals surface area contributed by atoms with Gasteiger partial charge in [0.25, 0.3) is 0 Å². The molecule has 2 aromatic heterocycles. The van der Waals surface area contributed by atoms with E-state index in [-0.39, 0.29) is 6.03 Å². The average Bonchev–Trinajstić information content (AvgIpc) is 3.17. The topological polar surface area (TPSA) is 50.2 Å². The van der Waals surface area contributed by atoms with Gasteiger partial charge in [-0.2, -0.15) is 11.3 Å². The summed E-state index contributed by atoms with van der Waals surface area (Å²) in [5, 5.41) is 7.25. The summed E-state index contributed by atoms with van der Waals surface area (Å²) in [5.41, 5.74) is 2.45. The third kappa shape index (κ3) is 3.16. The minimum absolute atomic E-state index is 0.0302. The zero-order chi connectivity index (χ0) is 15.5. The van der Waals surface area contributed by atoms with Gasteiger partial charge in [-0.05, 0) is 41.1 Å². The normalized spacial score (nSPS) is 21.8. The molecule has 22 heavy (non-hydrogen) atoms. The van der Waals surface area contributed by atoms with Gasteiger partial charge in [-0.1, -0.05) is 6.92 Å². The number of nitrogens with one attached hydrogen (secondary N) is 1. The lowest BCUT2D eigenvalue weighted by Crippen LogP contribution is -2.47. The van der Waals surface area contributed by atoms with E-state index >= 15 is 0 Å². The van der Waals surface area contributed by atoms with Gasteiger partial charge in [0.2, 0.25) is 0 Å². The monoisotopic (exact) mass is 318 g/mol. The zero-order valence-electron chi connectivity index (χ0n) is 13.0. The highest BCUT2D eigenvalue weighted by Crippen LogP contribution is 2.27. The molecule has 2 atom stereocenters. The Balaban J connectivity index is 1.60. The minimum atomic E-state index is 0.0302. The number of hydrogen-bond acceptors (Lipinski definition) is 3. The molecule has 1 aliphatic heterocycles. The average molecular weight is 318 g/mol. The summed E-state index contributed by atoms with van der Waals surface area (Å²) in [5.74, 6) is 0.553. The first-order valence-corrected chi connectivity index (χ1v) is 8.61. The molecule has 0 aromatic carbocycles. The van der Waals surface area contributed by atoms with Crippen molar-refractivity contribution in [2.75, 3.05) is 13.1 Å². The van der Waals surface area contributed by atoms with Crippen LogP contribution in [0.3, 0.4) is 0 Å². The summed E-state index contributed by atoms with van der Waals surface area (Å²) < 4.78 is 2.12. The van der Waals surface area contributed by atoms with Gasteiger partial charge >= 0.3 is 6.03 Å². The Labute approximate surface area is 135 Å². The third-order valence-corrected chi connectivity index (χ3v) is 5.42. The van der Waals surface area contributed by atoms with Crippen molar-refractivity contribution >= 4 is 17.4 Å². The Morgan fingerprint density at radius 1 is 1.50 bits per heavy atom. The molecule has 1 aliphatic rings. The molecular weight excluding hydrogens is 296 g/mol. The standard InChI is InChI=1S/C16H22N4OS/c1-12-3-5-19(8-15(12)20-6-4-17-11-20)16(21)18-7-14-10-22-9-13(14)2/h4,6,9-12,15H,3,5,7-8H2,1-2H3,(H,18,21)/t12-,15+/m0/s1. The molecule has 0 saturated carbocycles. The van der Waals surface area contributed by atoms with Gasteiger partial charge in [-0.25, -0.2) is 9.78 Å². The fraction of sp³-hybridized carbons (Fsp3) is 0.500. The quantitative estimate of drug-likeness (QED) is 0.945. The molecule has 0 aliphatic carbocycles. The molecule has 1 fully saturated rings. The first-order valence-electron chi connectivity index (χ1n) is 7.67. The van der Waals surface area contributed by atoms with Crippen LogP contribution >= 0.6 is 11.3 Å². The Bertz CT molecular complexity index is 622. The number of carbonyl (C=O) groups excluding carboxylic acids is 1. The molecule has 6 heteroatoms. The Kier molecular flexibility index (Phi) is 4.47. The molecular formula is C16H22N4OS. The summed E-state index contributed by atoms with van der Waals surface area (Å²) >= 11 is 1.68. The maximum absolute atomic E-state index is 12.4. The number of thiophene rings is 1. The van der Waals surface area contributed by atoms with Crippen LogP contribution in [-0.4, -0.2) is 33.6 Å². The van der Waals surface area contributed by atoms with Gasteiger partial charge in [0.1, 0.15) is 0 Å². The highest BCUT2D eigenvalue weighted by molar-refractivity contribution is 7.08. The lowest BCUT2D eigenvalue weighted by atomic mass is 9.93. The molecule has 3 rings (SSSR count). The number of nitrogens with zero attached hydrogens (tertiary/aromatic N) is 3. The summed E-state index contributed by atoms with van der Waals surface area (Å²) in [4.78, 5) is 18.5. The van der Waals surface area contributed by atoms with Gasteiger partial charge in [-0.15, -0.1) is 0 Å². The van der Waals surface area contributed by atoms with E-state index in [1.807, 2.05) is 17.4 Å². The van der Waals surface area contributed by atoms with Crippen molar-refractivity contribution in [3.05, 3.63) is 40.6 Å². The first kappa shape index (κ1) is 15.1. The van der Waals surface area contributed by atoms with Crippen LogP contribution in [0.1, 0.15) is 30.5 Å². The fourth-order valence-corrected chi connectivity index (χ4v) is 3.79. The molecule has 118 valence electrons. The van der Waals surface area contributed by atoms with Crippen LogP contribution in [-0.2, 0) is 6.54 Å². The van der Waals surface area contributed by atoms with Crippen molar-refractivity contribution in [1.82, 2.24) is 19.8 Å². The van der Waals surface area contributed by atoms with Crippen molar-refractivity contribution in [2.45, 2.75) is 32.9 Å². The summed E-state index contributed by atoms with van der Waals surface area (Å²) in [6.45, 7) is 6.49. The van der Waals surface area contributed by atoms with E-state index in [1.54, 1.807) is 17.5 Å². The van der Waals surface area contributed by atoms with Gasteiger partial charge < -0.3 is 14.8 Å². The number of aromatic nitrogens is 2. The van der Waals surface area contributed by atoms with Crippen LogP contribution in [0.2, 0.25) is 0 Å². The van der Waals surface area contributed by atoms with Gasteiger partial charge in [0.05, 0.1) is 12.4 Å². The maximum atomic E-state index is 12.4. The first-order chi connectivity index (χ1) is 10.6. The van der Waals surface area contributed by atoms with Crippen molar-refractivity contribution in [3.8, 4) is 0 Å². The number of imidazole rings is 1. The minimum Gasteiger partial charge on any atom is -0.334 e. The molecule has 0 spiro atoms. The van der Waals surface area contributed by atoms with E-state index in [4.69, 9.17) is 0 Å². The second kappa shape index (κ2) is 6.52.